The van der Waals surface area contributed by atoms with E-state index in [1.165, 1.54) is 16.7 Å². The van der Waals surface area contributed by atoms with E-state index in [0.29, 0.717) is 0 Å². The van der Waals surface area contributed by atoms with E-state index in [-0.39, 0.29) is 5.60 Å². The molecule has 0 aliphatic carbocycles. The Kier molecular flexibility index (Phi) is 3.95. The van der Waals surface area contributed by atoms with Crippen molar-refractivity contribution >= 4 is 12.0 Å². The van der Waals surface area contributed by atoms with Crippen LogP contribution in [-0.4, -0.2) is 31.4 Å². The van der Waals surface area contributed by atoms with Crippen LogP contribution in [0.25, 0.3) is 0 Å². The average molecular weight is 260 g/mol. The Morgan fingerprint density at radius 3 is 2.84 bits per heavy atom. The van der Waals surface area contributed by atoms with E-state index in [1.807, 2.05) is 13.4 Å². The summed E-state index contributed by atoms with van der Waals surface area (Å²) < 4.78 is 5.86. The maximum atomic E-state index is 5.86. The maximum Gasteiger partial charge on any atom is 0.0909 e. The highest BCUT2D eigenvalue weighted by Gasteiger charge is 2.28. The van der Waals surface area contributed by atoms with E-state index < -0.39 is 0 Å². The summed E-state index contributed by atoms with van der Waals surface area (Å²) in [6.07, 6.45) is 2.88. The first kappa shape index (κ1) is 14.1. The van der Waals surface area contributed by atoms with Gasteiger partial charge in [0.05, 0.1) is 24.2 Å². The molecule has 3 heteroatoms. The van der Waals surface area contributed by atoms with Crippen molar-refractivity contribution in [1.29, 1.82) is 0 Å². The van der Waals surface area contributed by atoms with E-state index in [0.717, 1.165) is 25.3 Å². The molecule has 0 saturated carbocycles. The number of nitrogens with zero attached hydrogens (tertiary/aromatic N) is 2. The third-order valence-corrected chi connectivity index (χ3v) is 3.80. The van der Waals surface area contributed by atoms with Crippen molar-refractivity contribution < 1.29 is 4.74 Å². The lowest BCUT2D eigenvalue weighted by Gasteiger charge is -2.33. The first-order chi connectivity index (χ1) is 8.94. The van der Waals surface area contributed by atoms with Crippen LogP contribution in [-0.2, 0) is 16.8 Å². The molecule has 1 aromatic carbocycles. The molecule has 1 heterocycles. The van der Waals surface area contributed by atoms with Crippen LogP contribution in [0.1, 0.15) is 37.5 Å². The second kappa shape index (κ2) is 5.33. The molecule has 1 aliphatic rings. The lowest BCUT2D eigenvalue weighted by molar-refractivity contribution is -0.0315. The predicted octanol–water partition coefficient (Wildman–Crippen LogP) is 3.41. The fourth-order valence-electron chi connectivity index (χ4n) is 2.38. The number of hydrogen-bond acceptors (Lipinski definition) is 2. The van der Waals surface area contributed by atoms with Crippen LogP contribution < -0.4 is 0 Å². The third kappa shape index (κ3) is 2.98. The summed E-state index contributed by atoms with van der Waals surface area (Å²) in [7, 11) is 2.04. The predicted molar refractivity (Wildman–Crippen MR) is 80.3 cm³/mol. The van der Waals surface area contributed by atoms with Gasteiger partial charge in [0.15, 0.2) is 0 Å². The molecule has 104 valence electrons. The van der Waals surface area contributed by atoms with Crippen LogP contribution in [0.4, 0.5) is 5.69 Å². The van der Waals surface area contributed by atoms with Gasteiger partial charge in [0.25, 0.3) is 0 Å². The summed E-state index contributed by atoms with van der Waals surface area (Å²) in [6.45, 7) is 10.3. The molecular formula is C16H24N2O. The van der Waals surface area contributed by atoms with E-state index in [2.05, 4.69) is 49.7 Å². The number of fused-ring (bicyclic) bond motifs is 1. The fraction of sp³-hybridized carbons (Fsp3) is 0.562. The van der Waals surface area contributed by atoms with Crippen LogP contribution >= 0.6 is 0 Å². The van der Waals surface area contributed by atoms with Gasteiger partial charge in [-0.2, -0.15) is 0 Å². The molecule has 0 saturated heterocycles. The van der Waals surface area contributed by atoms with Gasteiger partial charge in [-0.15, -0.1) is 0 Å². The minimum Gasteiger partial charge on any atom is -0.371 e. The number of rotatable bonds is 3. The molecule has 0 bridgehead atoms. The number of aryl methyl sites for hydroxylation is 1. The highest BCUT2D eigenvalue weighted by molar-refractivity contribution is 5.64. The van der Waals surface area contributed by atoms with Crippen molar-refractivity contribution in [3.05, 3.63) is 28.8 Å². The van der Waals surface area contributed by atoms with E-state index >= 15 is 0 Å². The Morgan fingerprint density at radius 2 is 2.16 bits per heavy atom. The van der Waals surface area contributed by atoms with E-state index in [4.69, 9.17) is 4.74 Å². The van der Waals surface area contributed by atoms with Crippen molar-refractivity contribution in [1.82, 2.24) is 4.90 Å². The summed E-state index contributed by atoms with van der Waals surface area (Å²) in [5.74, 6) is 0. The van der Waals surface area contributed by atoms with Gasteiger partial charge in [0.2, 0.25) is 0 Å². The zero-order valence-corrected chi connectivity index (χ0v) is 12.7. The monoisotopic (exact) mass is 260 g/mol. The van der Waals surface area contributed by atoms with Gasteiger partial charge in [-0.05, 0) is 56.9 Å². The van der Waals surface area contributed by atoms with Crippen LogP contribution in [0.3, 0.4) is 0 Å². The standard InChI is InChI=1S/C16H24N2O/c1-6-18(5)11-17-15-10-13-7-8-19-16(3,4)14(13)9-12(15)2/h9-11H,6-8H2,1-5H3. The first-order valence-electron chi connectivity index (χ1n) is 6.96. The maximum absolute atomic E-state index is 5.86. The van der Waals surface area contributed by atoms with Gasteiger partial charge < -0.3 is 9.64 Å². The minimum atomic E-state index is -0.180. The van der Waals surface area contributed by atoms with Crippen LogP contribution in [0.5, 0.6) is 0 Å². The van der Waals surface area contributed by atoms with Crippen LogP contribution in [0.15, 0.2) is 17.1 Å². The molecule has 0 amide bonds. The van der Waals surface area contributed by atoms with Crippen molar-refractivity contribution in [2.75, 3.05) is 20.2 Å². The normalized spacial score (nSPS) is 17.5. The summed E-state index contributed by atoms with van der Waals surface area (Å²) >= 11 is 0. The molecular weight excluding hydrogens is 236 g/mol. The third-order valence-electron chi connectivity index (χ3n) is 3.80. The fourth-order valence-corrected chi connectivity index (χ4v) is 2.38. The highest BCUT2D eigenvalue weighted by atomic mass is 16.5. The van der Waals surface area contributed by atoms with Crippen molar-refractivity contribution in [2.45, 2.75) is 39.7 Å². The number of aliphatic imine (C=N–C) groups is 1. The van der Waals surface area contributed by atoms with Gasteiger partial charge in [0, 0.05) is 13.6 Å². The molecule has 0 fully saturated rings. The number of hydrogen-bond donors (Lipinski definition) is 0. The SMILES string of the molecule is CCN(C)C=Nc1cc2c(cc1C)C(C)(C)OCC2. The summed E-state index contributed by atoms with van der Waals surface area (Å²) in [4.78, 5) is 6.67. The molecule has 0 N–H and O–H groups in total. The Hall–Kier alpha value is -1.35. The van der Waals surface area contributed by atoms with Crippen molar-refractivity contribution in [2.24, 2.45) is 4.99 Å². The average Bonchev–Trinajstić information content (AvgIpc) is 2.36. The van der Waals surface area contributed by atoms with Gasteiger partial charge in [-0.3, -0.25) is 0 Å². The molecule has 2 rings (SSSR count). The quantitative estimate of drug-likeness (QED) is 0.614. The Bertz CT molecular complexity index is 492. The Labute approximate surface area is 116 Å². The zero-order chi connectivity index (χ0) is 14.0. The number of benzene rings is 1. The number of ether oxygens (including phenoxy) is 1. The molecule has 0 atom stereocenters. The van der Waals surface area contributed by atoms with Gasteiger partial charge in [-0.25, -0.2) is 4.99 Å². The molecule has 0 radical (unpaired) electrons. The molecule has 19 heavy (non-hydrogen) atoms. The zero-order valence-electron chi connectivity index (χ0n) is 12.7. The molecule has 1 aromatic rings. The minimum absolute atomic E-state index is 0.180. The van der Waals surface area contributed by atoms with E-state index in [1.54, 1.807) is 0 Å². The molecule has 0 spiro atoms. The largest absolute Gasteiger partial charge is 0.371 e. The second-order valence-corrected chi connectivity index (χ2v) is 5.72. The van der Waals surface area contributed by atoms with Crippen molar-refractivity contribution in [3.63, 3.8) is 0 Å². The van der Waals surface area contributed by atoms with Crippen LogP contribution in [0.2, 0.25) is 0 Å². The molecule has 1 aliphatic heterocycles. The molecule has 3 nitrogen and oxygen atoms in total. The summed E-state index contributed by atoms with van der Waals surface area (Å²) in [5, 5.41) is 0. The lowest BCUT2D eigenvalue weighted by Crippen LogP contribution is -2.29. The van der Waals surface area contributed by atoms with Gasteiger partial charge in [0.1, 0.15) is 0 Å². The van der Waals surface area contributed by atoms with Gasteiger partial charge >= 0.3 is 0 Å². The van der Waals surface area contributed by atoms with Crippen LogP contribution in [0, 0.1) is 6.92 Å². The molecule has 0 aromatic heterocycles. The van der Waals surface area contributed by atoms with Gasteiger partial charge in [-0.1, -0.05) is 6.07 Å². The Balaban J connectivity index is 2.36. The Morgan fingerprint density at radius 1 is 1.42 bits per heavy atom. The second-order valence-electron chi connectivity index (χ2n) is 5.72. The van der Waals surface area contributed by atoms with E-state index in [9.17, 15) is 0 Å². The topological polar surface area (TPSA) is 24.8 Å². The smallest absolute Gasteiger partial charge is 0.0909 e. The first-order valence-corrected chi connectivity index (χ1v) is 6.96. The molecule has 0 unspecified atom stereocenters. The lowest BCUT2D eigenvalue weighted by atomic mass is 9.87. The van der Waals surface area contributed by atoms with Crippen molar-refractivity contribution in [3.8, 4) is 0 Å². The summed E-state index contributed by atoms with van der Waals surface area (Å²) in [6, 6.07) is 4.45. The summed E-state index contributed by atoms with van der Waals surface area (Å²) in [5.41, 5.74) is 4.77. The highest BCUT2D eigenvalue weighted by Crippen LogP contribution is 2.36.